The Bertz CT molecular complexity index is 584. The summed E-state index contributed by atoms with van der Waals surface area (Å²) in [7, 11) is 0. The van der Waals surface area contributed by atoms with Crippen molar-refractivity contribution in [3.8, 4) is 0 Å². The lowest BCUT2D eigenvalue weighted by atomic mass is 10.2. The molecule has 1 aromatic carbocycles. The molecule has 0 saturated heterocycles. The SMILES string of the molecule is CC(C)(C)OC(=O)Nn1ccc2cc(Br)ccc21. The molecule has 96 valence electrons. The number of ether oxygens (including phenoxy) is 1. The number of carbonyl (C=O) groups excluding carboxylic acids is 1. The summed E-state index contributed by atoms with van der Waals surface area (Å²) >= 11 is 3.41. The van der Waals surface area contributed by atoms with E-state index < -0.39 is 11.7 Å². The second-order valence-electron chi connectivity index (χ2n) is 5.00. The average molecular weight is 311 g/mol. The van der Waals surface area contributed by atoms with Gasteiger partial charge in [0.2, 0.25) is 0 Å². The summed E-state index contributed by atoms with van der Waals surface area (Å²) in [5.41, 5.74) is 3.10. The molecule has 0 aliphatic carbocycles. The van der Waals surface area contributed by atoms with E-state index in [0.29, 0.717) is 0 Å². The van der Waals surface area contributed by atoms with Crippen molar-refractivity contribution in [2.45, 2.75) is 26.4 Å². The molecule has 2 rings (SSSR count). The smallest absolute Gasteiger partial charge is 0.426 e. The van der Waals surface area contributed by atoms with Crippen LogP contribution in [-0.2, 0) is 4.74 Å². The summed E-state index contributed by atoms with van der Waals surface area (Å²) in [5.74, 6) is 0. The van der Waals surface area contributed by atoms with E-state index in [-0.39, 0.29) is 0 Å². The minimum atomic E-state index is -0.504. The Hall–Kier alpha value is -1.49. The van der Waals surface area contributed by atoms with E-state index >= 15 is 0 Å². The van der Waals surface area contributed by atoms with Crippen LogP contribution in [0.15, 0.2) is 34.9 Å². The predicted octanol–water partition coefficient (Wildman–Crippen LogP) is 3.88. The van der Waals surface area contributed by atoms with Crippen LogP contribution in [0.3, 0.4) is 0 Å². The van der Waals surface area contributed by atoms with Crippen molar-refractivity contribution in [3.05, 3.63) is 34.9 Å². The van der Waals surface area contributed by atoms with E-state index in [0.717, 1.165) is 15.4 Å². The van der Waals surface area contributed by atoms with Gasteiger partial charge in [0.1, 0.15) is 5.60 Å². The molecule has 0 atom stereocenters. The molecule has 0 spiro atoms. The van der Waals surface area contributed by atoms with E-state index in [1.807, 2.05) is 45.0 Å². The lowest BCUT2D eigenvalue weighted by Crippen LogP contribution is -2.31. The van der Waals surface area contributed by atoms with Crippen molar-refractivity contribution in [2.75, 3.05) is 5.43 Å². The molecule has 0 fully saturated rings. The standard InChI is InChI=1S/C13H15BrN2O2/c1-13(2,3)18-12(17)15-16-7-6-9-8-10(14)4-5-11(9)16/h4-8H,1-3H3,(H,15,17). The van der Waals surface area contributed by atoms with Gasteiger partial charge in [-0.25, -0.2) is 10.2 Å². The summed E-state index contributed by atoms with van der Waals surface area (Å²) in [6.07, 6.45) is 1.32. The van der Waals surface area contributed by atoms with Crippen molar-refractivity contribution in [3.63, 3.8) is 0 Å². The minimum Gasteiger partial charge on any atom is -0.443 e. The van der Waals surface area contributed by atoms with Gasteiger partial charge in [0.15, 0.2) is 0 Å². The molecule has 0 bridgehead atoms. The van der Waals surface area contributed by atoms with Crippen molar-refractivity contribution in [1.82, 2.24) is 4.68 Å². The van der Waals surface area contributed by atoms with Crippen LogP contribution in [0.5, 0.6) is 0 Å². The second kappa shape index (κ2) is 4.65. The maximum atomic E-state index is 11.7. The predicted molar refractivity (Wildman–Crippen MR) is 75.2 cm³/mol. The number of amides is 1. The molecule has 18 heavy (non-hydrogen) atoms. The van der Waals surface area contributed by atoms with Gasteiger partial charge in [-0.2, -0.15) is 0 Å². The quantitative estimate of drug-likeness (QED) is 0.868. The molecule has 1 aromatic heterocycles. The monoisotopic (exact) mass is 310 g/mol. The van der Waals surface area contributed by atoms with Gasteiger partial charge < -0.3 is 4.74 Å². The number of nitrogens with one attached hydrogen (secondary N) is 1. The summed E-state index contributed by atoms with van der Waals surface area (Å²) in [4.78, 5) is 11.7. The van der Waals surface area contributed by atoms with Gasteiger partial charge >= 0.3 is 6.09 Å². The molecule has 0 aliphatic heterocycles. The van der Waals surface area contributed by atoms with Gasteiger partial charge in [0, 0.05) is 16.1 Å². The number of nitrogens with zero attached hydrogens (tertiary/aromatic N) is 1. The zero-order chi connectivity index (χ0) is 13.3. The Labute approximate surface area is 114 Å². The van der Waals surface area contributed by atoms with Gasteiger partial charge in [-0.3, -0.25) is 4.68 Å². The Balaban J connectivity index is 2.20. The van der Waals surface area contributed by atoms with Gasteiger partial charge in [-0.05, 0) is 45.0 Å². The van der Waals surface area contributed by atoms with E-state index in [4.69, 9.17) is 4.74 Å². The molecule has 1 heterocycles. The number of hydrogen-bond donors (Lipinski definition) is 1. The highest BCUT2D eigenvalue weighted by atomic mass is 79.9. The van der Waals surface area contributed by atoms with E-state index in [1.165, 1.54) is 0 Å². The summed E-state index contributed by atoms with van der Waals surface area (Å²) < 4.78 is 7.86. The van der Waals surface area contributed by atoms with E-state index in [1.54, 1.807) is 10.9 Å². The third-order valence-corrected chi connectivity index (χ3v) is 2.76. The molecule has 1 N–H and O–H groups in total. The normalized spacial score (nSPS) is 11.6. The lowest BCUT2D eigenvalue weighted by molar-refractivity contribution is 0.0614. The van der Waals surface area contributed by atoms with Crippen LogP contribution < -0.4 is 5.43 Å². The number of benzene rings is 1. The molecule has 1 amide bonds. The molecular weight excluding hydrogens is 296 g/mol. The van der Waals surface area contributed by atoms with Gasteiger partial charge in [-0.1, -0.05) is 15.9 Å². The molecule has 5 heteroatoms. The van der Waals surface area contributed by atoms with Crippen LogP contribution in [0.2, 0.25) is 0 Å². The largest absolute Gasteiger partial charge is 0.443 e. The summed E-state index contributed by atoms with van der Waals surface area (Å²) in [5, 5.41) is 1.04. The fourth-order valence-electron chi connectivity index (χ4n) is 1.61. The molecule has 2 aromatic rings. The van der Waals surface area contributed by atoms with Crippen LogP contribution in [-0.4, -0.2) is 16.4 Å². The number of rotatable bonds is 1. The van der Waals surface area contributed by atoms with Gasteiger partial charge in [-0.15, -0.1) is 0 Å². The number of hydrogen-bond acceptors (Lipinski definition) is 2. The minimum absolute atomic E-state index is 0.470. The average Bonchev–Trinajstić information content (AvgIpc) is 2.57. The summed E-state index contributed by atoms with van der Waals surface area (Å²) in [6, 6.07) is 7.77. The zero-order valence-electron chi connectivity index (χ0n) is 10.5. The topological polar surface area (TPSA) is 43.3 Å². The Morgan fingerprint density at radius 3 is 2.72 bits per heavy atom. The Morgan fingerprint density at radius 2 is 2.06 bits per heavy atom. The van der Waals surface area contributed by atoms with Crippen molar-refractivity contribution in [1.29, 1.82) is 0 Å². The first kappa shape index (κ1) is 13.0. The maximum Gasteiger partial charge on any atom is 0.426 e. The Morgan fingerprint density at radius 1 is 1.33 bits per heavy atom. The molecular formula is C13H15BrN2O2. The van der Waals surface area contributed by atoms with Crippen LogP contribution in [0.4, 0.5) is 4.79 Å². The fourth-order valence-corrected chi connectivity index (χ4v) is 1.99. The highest BCUT2D eigenvalue weighted by Crippen LogP contribution is 2.20. The maximum absolute atomic E-state index is 11.7. The first-order valence-corrected chi connectivity index (χ1v) is 6.41. The first-order chi connectivity index (χ1) is 8.35. The third-order valence-electron chi connectivity index (χ3n) is 2.26. The van der Waals surface area contributed by atoms with Crippen LogP contribution >= 0.6 is 15.9 Å². The van der Waals surface area contributed by atoms with Crippen LogP contribution in [0, 0.1) is 0 Å². The van der Waals surface area contributed by atoms with Crippen molar-refractivity contribution >= 4 is 32.9 Å². The van der Waals surface area contributed by atoms with Crippen molar-refractivity contribution < 1.29 is 9.53 Å². The lowest BCUT2D eigenvalue weighted by Gasteiger charge is -2.20. The molecule has 0 unspecified atom stereocenters. The zero-order valence-corrected chi connectivity index (χ0v) is 12.1. The number of halogens is 1. The van der Waals surface area contributed by atoms with Gasteiger partial charge in [0.05, 0.1) is 5.52 Å². The molecule has 0 aliphatic rings. The van der Waals surface area contributed by atoms with Crippen molar-refractivity contribution in [2.24, 2.45) is 0 Å². The number of fused-ring (bicyclic) bond motifs is 1. The van der Waals surface area contributed by atoms with E-state index in [9.17, 15) is 4.79 Å². The van der Waals surface area contributed by atoms with Gasteiger partial charge in [0.25, 0.3) is 0 Å². The number of carbonyl (C=O) groups is 1. The fraction of sp³-hybridized carbons (Fsp3) is 0.308. The highest BCUT2D eigenvalue weighted by molar-refractivity contribution is 9.10. The second-order valence-corrected chi connectivity index (χ2v) is 5.92. The van der Waals surface area contributed by atoms with Crippen LogP contribution in [0.1, 0.15) is 20.8 Å². The summed E-state index contributed by atoms with van der Waals surface area (Å²) in [6.45, 7) is 5.49. The van der Waals surface area contributed by atoms with Crippen LogP contribution in [0.25, 0.3) is 10.9 Å². The highest BCUT2D eigenvalue weighted by Gasteiger charge is 2.16. The molecule has 0 saturated carbocycles. The Kier molecular flexibility index (Phi) is 3.34. The first-order valence-electron chi connectivity index (χ1n) is 5.62. The third kappa shape index (κ3) is 3.04. The molecule has 4 nitrogen and oxygen atoms in total. The molecule has 0 radical (unpaired) electrons. The number of aromatic nitrogens is 1. The van der Waals surface area contributed by atoms with E-state index in [2.05, 4.69) is 21.4 Å².